The lowest BCUT2D eigenvalue weighted by atomic mass is 9.81. The molecule has 0 saturated carbocycles. The largest absolute Gasteiger partial charge is 0.469 e. The van der Waals surface area contributed by atoms with Crippen molar-refractivity contribution in [2.75, 3.05) is 7.11 Å². The van der Waals surface area contributed by atoms with Crippen molar-refractivity contribution in [2.45, 2.75) is 46.6 Å². The Morgan fingerprint density at radius 1 is 1.32 bits per heavy atom. The van der Waals surface area contributed by atoms with Gasteiger partial charge in [0.15, 0.2) is 0 Å². The third kappa shape index (κ3) is 4.67. The lowest BCUT2D eigenvalue weighted by Crippen LogP contribution is -2.24. The van der Waals surface area contributed by atoms with Crippen LogP contribution in [0.1, 0.15) is 49.4 Å². The van der Waals surface area contributed by atoms with Crippen LogP contribution in [0.5, 0.6) is 0 Å². The summed E-state index contributed by atoms with van der Waals surface area (Å²) in [7, 11) is 1.42. The van der Waals surface area contributed by atoms with Crippen molar-refractivity contribution >= 4 is 5.97 Å². The Bertz CT molecular complexity index is 452. The Morgan fingerprint density at radius 3 is 2.47 bits per heavy atom. The molecule has 19 heavy (non-hydrogen) atoms. The van der Waals surface area contributed by atoms with Crippen LogP contribution in [0.25, 0.3) is 0 Å². The molecule has 0 saturated heterocycles. The number of ether oxygens (including phenoxy) is 1. The van der Waals surface area contributed by atoms with E-state index in [0.717, 1.165) is 12.0 Å². The molecule has 0 aromatic heterocycles. The summed E-state index contributed by atoms with van der Waals surface area (Å²) in [5.74, 6) is -0.183. The summed E-state index contributed by atoms with van der Waals surface area (Å²) >= 11 is 0. The summed E-state index contributed by atoms with van der Waals surface area (Å²) in [5.41, 5.74) is 9.75. The number of hydrogen-bond acceptors (Lipinski definition) is 3. The lowest BCUT2D eigenvalue weighted by Gasteiger charge is -2.27. The van der Waals surface area contributed by atoms with Gasteiger partial charge in [-0.2, -0.15) is 0 Å². The zero-order chi connectivity index (χ0) is 14.6. The summed E-state index contributed by atoms with van der Waals surface area (Å²) in [6.45, 7) is 8.27. The highest BCUT2D eigenvalue weighted by atomic mass is 16.5. The molecule has 0 bridgehead atoms. The Morgan fingerprint density at radius 2 is 1.95 bits per heavy atom. The molecule has 106 valence electrons. The number of carbonyl (C=O) groups excluding carboxylic acids is 1. The van der Waals surface area contributed by atoms with Gasteiger partial charge >= 0.3 is 5.97 Å². The number of esters is 1. The molecule has 1 rings (SSSR count). The SMILES string of the molecule is COC(=O)CC(C)(C)CC(N)c1ccc(C)c(C)c1. The number of hydrogen-bond donors (Lipinski definition) is 1. The summed E-state index contributed by atoms with van der Waals surface area (Å²) in [6, 6.07) is 6.24. The molecule has 3 heteroatoms. The summed E-state index contributed by atoms with van der Waals surface area (Å²) in [6.07, 6.45) is 1.15. The van der Waals surface area contributed by atoms with Crippen molar-refractivity contribution in [1.82, 2.24) is 0 Å². The van der Waals surface area contributed by atoms with Crippen molar-refractivity contribution < 1.29 is 9.53 Å². The van der Waals surface area contributed by atoms with Crippen molar-refractivity contribution in [3.05, 3.63) is 34.9 Å². The van der Waals surface area contributed by atoms with Crippen LogP contribution in [-0.4, -0.2) is 13.1 Å². The molecule has 0 aliphatic carbocycles. The van der Waals surface area contributed by atoms with E-state index in [-0.39, 0.29) is 17.4 Å². The molecular formula is C16H25NO2. The third-order valence-corrected chi connectivity index (χ3v) is 3.58. The fourth-order valence-electron chi connectivity index (χ4n) is 2.24. The molecule has 1 aromatic rings. The molecule has 3 nitrogen and oxygen atoms in total. The summed E-state index contributed by atoms with van der Waals surface area (Å²) < 4.78 is 4.73. The Hall–Kier alpha value is -1.35. The first-order chi connectivity index (χ1) is 8.75. The first kappa shape index (κ1) is 15.7. The number of nitrogens with two attached hydrogens (primary N) is 1. The van der Waals surface area contributed by atoms with E-state index in [1.54, 1.807) is 0 Å². The highest BCUT2D eigenvalue weighted by molar-refractivity contribution is 5.69. The monoisotopic (exact) mass is 263 g/mol. The average Bonchev–Trinajstić information content (AvgIpc) is 2.31. The molecule has 1 aromatic carbocycles. The van der Waals surface area contributed by atoms with Crippen LogP contribution in [0.4, 0.5) is 0 Å². The minimum atomic E-state index is -0.183. The maximum atomic E-state index is 11.4. The van der Waals surface area contributed by atoms with Crippen molar-refractivity contribution in [3.63, 3.8) is 0 Å². The quantitative estimate of drug-likeness (QED) is 0.829. The third-order valence-electron chi connectivity index (χ3n) is 3.58. The maximum absolute atomic E-state index is 11.4. The van der Waals surface area contributed by atoms with E-state index in [0.29, 0.717) is 6.42 Å². The van der Waals surface area contributed by atoms with Crippen LogP contribution in [-0.2, 0) is 9.53 Å². The second kappa shape index (κ2) is 6.20. The number of carbonyl (C=O) groups is 1. The Balaban J connectivity index is 2.75. The van der Waals surface area contributed by atoms with E-state index < -0.39 is 0 Å². The molecule has 1 unspecified atom stereocenters. The normalized spacial score (nSPS) is 13.2. The van der Waals surface area contributed by atoms with Crippen LogP contribution in [0, 0.1) is 19.3 Å². The first-order valence-electron chi connectivity index (χ1n) is 6.65. The molecule has 1 atom stereocenters. The predicted octanol–water partition coefficient (Wildman–Crippen LogP) is 3.28. The fourth-order valence-corrected chi connectivity index (χ4v) is 2.24. The van der Waals surface area contributed by atoms with Crippen molar-refractivity contribution in [1.29, 1.82) is 0 Å². The van der Waals surface area contributed by atoms with E-state index in [1.807, 2.05) is 13.8 Å². The number of methoxy groups -OCH3 is 1. The van der Waals surface area contributed by atoms with Gasteiger partial charge in [0.2, 0.25) is 0 Å². The second-order valence-corrected chi connectivity index (χ2v) is 6.07. The highest BCUT2D eigenvalue weighted by Crippen LogP contribution is 2.32. The van der Waals surface area contributed by atoms with E-state index in [1.165, 1.54) is 18.2 Å². The van der Waals surface area contributed by atoms with Gasteiger partial charge in [-0.15, -0.1) is 0 Å². The summed E-state index contributed by atoms with van der Waals surface area (Å²) in [4.78, 5) is 11.4. The maximum Gasteiger partial charge on any atom is 0.306 e. The lowest BCUT2D eigenvalue weighted by molar-refractivity contribution is -0.143. The fraction of sp³-hybridized carbons (Fsp3) is 0.562. The standard InChI is InChI=1S/C16H25NO2/c1-11-6-7-13(8-12(11)2)14(17)9-16(3,4)10-15(18)19-5/h6-8,14H,9-10,17H2,1-5H3. The molecule has 0 fully saturated rings. The molecular weight excluding hydrogens is 238 g/mol. The van der Waals surface area contributed by atoms with Gasteiger partial charge in [0.1, 0.15) is 0 Å². The van der Waals surface area contributed by atoms with Gasteiger partial charge in [0, 0.05) is 6.04 Å². The zero-order valence-corrected chi connectivity index (χ0v) is 12.6. The van der Waals surface area contributed by atoms with Gasteiger partial charge in [-0.05, 0) is 42.4 Å². The van der Waals surface area contributed by atoms with Crippen LogP contribution >= 0.6 is 0 Å². The summed E-state index contributed by atoms with van der Waals surface area (Å²) in [5, 5.41) is 0. The molecule has 2 N–H and O–H groups in total. The van der Waals surface area contributed by atoms with E-state index in [2.05, 4.69) is 32.0 Å². The van der Waals surface area contributed by atoms with E-state index in [9.17, 15) is 4.79 Å². The molecule has 0 spiro atoms. The molecule has 0 aliphatic heterocycles. The topological polar surface area (TPSA) is 52.3 Å². The van der Waals surface area contributed by atoms with Crippen LogP contribution < -0.4 is 5.73 Å². The average molecular weight is 263 g/mol. The van der Waals surface area contributed by atoms with Crippen LogP contribution in [0.15, 0.2) is 18.2 Å². The first-order valence-corrected chi connectivity index (χ1v) is 6.65. The minimum Gasteiger partial charge on any atom is -0.469 e. The van der Waals surface area contributed by atoms with Crippen molar-refractivity contribution in [3.8, 4) is 0 Å². The minimum absolute atomic E-state index is 0.0565. The van der Waals surface area contributed by atoms with Crippen molar-refractivity contribution in [2.24, 2.45) is 11.1 Å². The Kier molecular flexibility index (Phi) is 5.12. The highest BCUT2D eigenvalue weighted by Gasteiger charge is 2.26. The van der Waals surface area contributed by atoms with Gasteiger partial charge in [-0.3, -0.25) is 4.79 Å². The van der Waals surface area contributed by atoms with E-state index >= 15 is 0 Å². The van der Waals surface area contributed by atoms with E-state index in [4.69, 9.17) is 10.5 Å². The van der Waals surface area contributed by atoms with Gasteiger partial charge < -0.3 is 10.5 Å². The molecule has 0 aliphatic rings. The van der Waals surface area contributed by atoms with Crippen LogP contribution in [0.3, 0.4) is 0 Å². The van der Waals surface area contributed by atoms with Gasteiger partial charge in [0.05, 0.1) is 13.5 Å². The number of benzene rings is 1. The van der Waals surface area contributed by atoms with Gasteiger partial charge in [-0.1, -0.05) is 32.0 Å². The smallest absolute Gasteiger partial charge is 0.306 e. The second-order valence-electron chi connectivity index (χ2n) is 6.07. The van der Waals surface area contributed by atoms with Gasteiger partial charge in [-0.25, -0.2) is 0 Å². The molecule has 0 radical (unpaired) electrons. The molecule has 0 amide bonds. The Labute approximate surface area is 116 Å². The molecule has 0 heterocycles. The number of aryl methyl sites for hydroxylation is 2. The zero-order valence-electron chi connectivity index (χ0n) is 12.6. The predicted molar refractivity (Wildman–Crippen MR) is 77.9 cm³/mol. The number of rotatable bonds is 5. The van der Waals surface area contributed by atoms with Crippen LogP contribution in [0.2, 0.25) is 0 Å². The van der Waals surface area contributed by atoms with Gasteiger partial charge in [0.25, 0.3) is 0 Å².